The average molecular weight is 435 g/mol. The van der Waals surface area contributed by atoms with E-state index in [0.717, 1.165) is 15.9 Å². The maximum atomic E-state index is 10.8. The van der Waals surface area contributed by atoms with Gasteiger partial charge in [-0.1, -0.05) is 28.1 Å². The Morgan fingerprint density at radius 3 is 2.85 bits per heavy atom. The van der Waals surface area contributed by atoms with Gasteiger partial charge >= 0.3 is 5.97 Å². The first-order chi connectivity index (χ1) is 12.6. The van der Waals surface area contributed by atoms with Crippen LogP contribution in [0, 0.1) is 0 Å². The number of thiazole rings is 1. The molecule has 0 aliphatic carbocycles. The van der Waals surface area contributed by atoms with Crippen molar-refractivity contribution in [3.8, 4) is 22.8 Å². The number of halogens is 1. The van der Waals surface area contributed by atoms with Crippen molar-refractivity contribution >= 4 is 44.1 Å². The summed E-state index contributed by atoms with van der Waals surface area (Å²) in [7, 11) is 1.61. The Kier molecular flexibility index (Phi) is 5.75. The minimum Gasteiger partial charge on any atom is -0.495 e. The van der Waals surface area contributed by atoms with Gasteiger partial charge in [-0.3, -0.25) is 0 Å². The first-order valence-electron chi connectivity index (χ1n) is 7.57. The normalized spacial score (nSPS) is 10.4. The second-order valence-electron chi connectivity index (χ2n) is 5.19. The molecule has 0 saturated carbocycles. The van der Waals surface area contributed by atoms with Crippen LogP contribution >= 0.6 is 27.3 Å². The van der Waals surface area contributed by atoms with E-state index in [4.69, 9.17) is 14.6 Å². The summed E-state index contributed by atoms with van der Waals surface area (Å²) >= 11 is 4.86. The van der Waals surface area contributed by atoms with Crippen LogP contribution in [0.4, 0.5) is 10.8 Å². The third-order valence-corrected chi connectivity index (χ3v) is 4.67. The highest BCUT2D eigenvalue weighted by atomic mass is 79.9. The molecule has 1 aromatic heterocycles. The number of nitrogens with zero attached hydrogens (tertiary/aromatic N) is 1. The molecule has 1 heterocycles. The molecule has 134 valence electrons. The molecular formula is C18H15BrN2O4S. The van der Waals surface area contributed by atoms with E-state index < -0.39 is 12.6 Å². The van der Waals surface area contributed by atoms with E-state index >= 15 is 0 Å². The molecule has 6 nitrogen and oxygen atoms in total. The van der Waals surface area contributed by atoms with Gasteiger partial charge in [-0.2, -0.15) is 0 Å². The first kappa shape index (κ1) is 18.2. The molecule has 0 fully saturated rings. The van der Waals surface area contributed by atoms with E-state index in [1.54, 1.807) is 19.2 Å². The maximum Gasteiger partial charge on any atom is 0.341 e. The summed E-state index contributed by atoms with van der Waals surface area (Å²) in [4.78, 5) is 15.4. The van der Waals surface area contributed by atoms with Crippen LogP contribution in [-0.4, -0.2) is 29.8 Å². The fourth-order valence-electron chi connectivity index (χ4n) is 2.29. The fourth-order valence-corrected chi connectivity index (χ4v) is 3.37. The van der Waals surface area contributed by atoms with E-state index in [1.807, 2.05) is 35.7 Å². The molecule has 26 heavy (non-hydrogen) atoms. The highest BCUT2D eigenvalue weighted by Crippen LogP contribution is 2.36. The zero-order chi connectivity index (χ0) is 18.5. The highest BCUT2D eigenvalue weighted by molar-refractivity contribution is 9.10. The number of methoxy groups -OCH3 is 1. The lowest BCUT2D eigenvalue weighted by Crippen LogP contribution is -2.10. The van der Waals surface area contributed by atoms with Crippen molar-refractivity contribution in [3.05, 3.63) is 52.3 Å². The number of carboxylic acid groups (broad SMARTS) is 1. The molecule has 0 spiro atoms. The van der Waals surface area contributed by atoms with Crippen LogP contribution < -0.4 is 14.8 Å². The molecule has 0 amide bonds. The summed E-state index contributed by atoms with van der Waals surface area (Å²) in [6, 6.07) is 12.9. The molecular weight excluding hydrogens is 420 g/mol. The van der Waals surface area contributed by atoms with Crippen LogP contribution in [0.1, 0.15) is 0 Å². The van der Waals surface area contributed by atoms with Crippen molar-refractivity contribution in [2.24, 2.45) is 0 Å². The standard InChI is InChI=1S/C18H15BrN2O4S/c1-24-16-5-3-2-4-13(16)20-18-21-14(10-26-18)12-8-11(19)6-7-15(12)25-9-17(22)23/h2-8,10H,9H2,1H3,(H,20,21)(H,22,23). The molecule has 2 aromatic carbocycles. The number of carbonyl (C=O) groups is 1. The van der Waals surface area contributed by atoms with Gasteiger partial charge in [0, 0.05) is 15.4 Å². The fraction of sp³-hybridized carbons (Fsp3) is 0.111. The molecule has 0 atom stereocenters. The van der Waals surface area contributed by atoms with Gasteiger partial charge in [0.1, 0.15) is 11.5 Å². The predicted molar refractivity (Wildman–Crippen MR) is 105 cm³/mol. The Balaban J connectivity index is 1.87. The van der Waals surface area contributed by atoms with E-state index in [0.29, 0.717) is 22.1 Å². The third kappa shape index (κ3) is 4.33. The van der Waals surface area contributed by atoms with Crippen LogP contribution in [0.15, 0.2) is 52.3 Å². The van der Waals surface area contributed by atoms with Crippen LogP contribution in [0.3, 0.4) is 0 Å². The quantitative estimate of drug-likeness (QED) is 0.556. The second-order valence-corrected chi connectivity index (χ2v) is 6.96. The number of anilines is 2. The van der Waals surface area contributed by atoms with Crippen molar-refractivity contribution in [1.29, 1.82) is 0 Å². The van der Waals surface area contributed by atoms with Gasteiger partial charge in [-0.25, -0.2) is 9.78 Å². The Morgan fingerprint density at radius 2 is 2.08 bits per heavy atom. The number of ether oxygens (including phenoxy) is 2. The van der Waals surface area contributed by atoms with Gasteiger partial charge < -0.3 is 19.9 Å². The molecule has 0 unspecified atom stereocenters. The van der Waals surface area contributed by atoms with E-state index in [-0.39, 0.29) is 0 Å². The molecule has 0 bridgehead atoms. The summed E-state index contributed by atoms with van der Waals surface area (Å²) in [6.45, 7) is -0.412. The summed E-state index contributed by atoms with van der Waals surface area (Å²) in [5.41, 5.74) is 2.21. The summed E-state index contributed by atoms with van der Waals surface area (Å²) in [5, 5.41) is 14.6. The molecule has 0 aliphatic heterocycles. The molecule has 0 saturated heterocycles. The Bertz CT molecular complexity index is 929. The average Bonchev–Trinajstić information content (AvgIpc) is 3.09. The number of benzene rings is 2. The first-order valence-corrected chi connectivity index (χ1v) is 9.24. The number of aliphatic carboxylic acids is 1. The van der Waals surface area contributed by atoms with Gasteiger partial charge in [-0.15, -0.1) is 11.3 Å². The number of carboxylic acids is 1. The van der Waals surface area contributed by atoms with Gasteiger partial charge in [0.15, 0.2) is 11.7 Å². The number of hydrogen-bond donors (Lipinski definition) is 2. The van der Waals surface area contributed by atoms with Crippen molar-refractivity contribution in [3.63, 3.8) is 0 Å². The van der Waals surface area contributed by atoms with E-state index in [9.17, 15) is 4.79 Å². The van der Waals surface area contributed by atoms with Crippen molar-refractivity contribution < 1.29 is 19.4 Å². The summed E-state index contributed by atoms with van der Waals surface area (Å²) in [5.74, 6) is 0.151. The maximum absolute atomic E-state index is 10.8. The van der Waals surface area contributed by atoms with Crippen molar-refractivity contribution in [1.82, 2.24) is 4.98 Å². The number of nitrogens with one attached hydrogen (secondary N) is 1. The molecule has 3 rings (SSSR count). The summed E-state index contributed by atoms with van der Waals surface area (Å²) < 4.78 is 11.6. The number of hydrogen-bond acceptors (Lipinski definition) is 6. The second kappa shape index (κ2) is 8.20. The van der Waals surface area contributed by atoms with Gasteiger partial charge in [-0.05, 0) is 30.3 Å². The van der Waals surface area contributed by atoms with Crippen molar-refractivity contribution in [2.45, 2.75) is 0 Å². The van der Waals surface area contributed by atoms with E-state index in [1.165, 1.54) is 11.3 Å². The zero-order valence-corrected chi connectivity index (χ0v) is 16.1. The minimum absolute atomic E-state index is 0.412. The number of rotatable bonds is 7. The van der Waals surface area contributed by atoms with Crippen LogP contribution in [0.25, 0.3) is 11.3 Å². The third-order valence-electron chi connectivity index (χ3n) is 3.42. The van der Waals surface area contributed by atoms with Gasteiger partial charge in [0.2, 0.25) is 0 Å². The lowest BCUT2D eigenvalue weighted by Gasteiger charge is -2.09. The Hall–Kier alpha value is -2.58. The monoisotopic (exact) mass is 434 g/mol. The van der Waals surface area contributed by atoms with Crippen LogP contribution in [0.5, 0.6) is 11.5 Å². The molecule has 0 radical (unpaired) electrons. The molecule has 3 aromatic rings. The molecule has 2 N–H and O–H groups in total. The Morgan fingerprint density at radius 1 is 1.27 bits per heavy atom. The summed E-state index contributed by atoms with van der Waals surface area (Å²) in [6.07, 6.45) is 0. The SMILES string of the molecule is COc1ccccc1Nc1nc(-c2cc(Br)ccc2OCC(=O)O)cs1. The zero-order valence-electron chi connectivity index (χ0n) is 13.7. The Labute approximate surface area is 162 Å². The van der Waals surface area contributed by atoms with Gasteiger partial charge in [0.25, 0.3) is 0 Å². The smallest absolute Gasteiger partial charge is 0.341 e. The lowest BCUT2D eigenvalue weighted by atomic mass is 10.1. The largest absolute Gasteiger partial charge is 0.495 e. The minimum atomic E-state index is -1.03. The van der Waals surface area contributed by atoms with Crippen LogP contribution in [0.2, 0.25) is 0 Å². The van der Waals surface area contributed by atoms with Gasteiger partial charge in [0.05, 0.1) is 18.5 Å². The van der Waals surface area contributed by atoms with Crippen LogP contribution in [-0.2, 0) is 4.79 Å². The molecule has 0 aliphatic rings. The lowest BCUT2D eigenvalue weighted by molar-refractivity contribution is -0.139. The molecule has 8 heteroatoms. The topological polar surface area (TPSA) is 80.7 Å². The van der Waals surface area contributed by atoms with E-state index in [2.05, 4.69) is 26.2 Å². The number of para-hydroxylation sites is 2. The predicted octanol–water partition coefficient (Wildman–Crippen LogP) is 4.79. The number of aromatic nitrogens is 1. The van der Waals surface area contributed by atoms with Crippen molar-refractivity contribution in [2.75, 3.05) is 19.0 Å². The highest BCUT2D eigenvalue weighted by Gasteiger charge is 2.13.